The first-order valence-electron chi connectivity index (χ1n) is 9.92. The number of piperidine rings is 1. The number of amides is 1. The lowest BCUT2D eigenvalue weighted by molar-refractivity contribution is -0.138. The fourth-order valence-corrected chi connectivity index (χ4v) is 4.67. The van der Waals surface area contributed by atoms with Crippen LogP contribution in [0.2, 0.25) is 0 Å². The van der Waals surface area contributed by atoms with Crippen LogP contribution in [0.15, 0.2) is 19.0 Å². The summed E-state index contributed by atoms with van der Waals surface area (Å²) in [6.07, 6.45) is 7.78. The highest BCUT2D eigenvalue weighted by atomic mass is 16.2. The van der Waals surface area contributed by atoms with E-state index in [2.05, 4.69) is 33.8 Å². The third kappa shape index (κ3) is 3.16. The third-order valence-electron chi connectivity index (χ3n) is 6.07. The normalized spacial score (nSPS) is 20.8. The largest absolute Gasteiger partial charge is 0.348 e. The number of aromatic nitrogens is 5. The second kappa shape index (κ2) is 7.07. The lowest BCUT2D eigenvalue weighted by atomic mass is 9.78. The molecule has 0 saturated carbocycles. The van der Waals surface area contributed by atoms with Gasteiger partial charge in [0.2, 0.25) is 5.91 Å². The quantitative estimate of drug-likeness (QED) is 0.883. The van der Waals surface area contributed by atoms with Crippen molar-refractivity contribution in [3.05, 3.63) is 30.4 Å². The highest BCUT2D eigenvalue weighted by Crippen LogP contribution is 2.42. The molecule has 2 aliphatic heterocycles. The number of carbonyl (C=O) groups excluding carboxylic acids is 1. The maximum Gasteiger partial charge on any atom is 0.247 e. The summed E-state index contributed by atoms with van der Waals surface area (Å²) in [6, 6.07) is -0.319. The van der Waals surface area contributed by atoms with Crippen LogP contribution in [-0.4, -0.2) is 66.6 Å². The Balaban J connectivity index is 1.53. The molecular weight excluding hydrogens is 342 g/mol. The van der Waals surface area contributed by atoms with Gasteiger partial charge in [-0.2, -0.15) is 5.10 Å². The van der Waals surface area contributed by atoms with E-state index in [1.165, 1.54) is 17.7 Å². The second-order valence-electron chi connectivity index (χ2n) is 8.23. The average molecular weight is 371 g/mol. The van der Waals surface area contributed by atoms with E-state index in [1.807, 2.05) is 18.2 Å². The van der Waals surface area contributed by atoms with Crippen molar-refractivity contribution in [1.29, 1.82) is 0 Å². The first kappa shape index (κ1) is 18.2. The van der Waals surface area contributed by atoms with Crippen molar-refractivity contribution in [3.63, 3.8) is 0 Å². The van der Waals surface area contributed by atoms with Crippen molar-refractivity contribution in [2.24, 2.45) is 5.92 Å². The molecule has 2 aromatic heterocycles. The van der Waals surface area contributed by atoms with E-state index in [9.17, 15) is 4.79 Å². The molecule has 4 rings (SSSR count). The topological polar surface area (TPSA) is 82.9 Å². The van der Waals surface area contributed by atoms with E-state index < -0.39 is 0 Å². The number of likely N-dealkylation sites (tertiary alicyclic amines) is 1. The van der Waals surface area contributed by atoms with Gasteiger partial charge >= 0.3 is 0 Å². The molecule has 8 nitrogen and oxygen atoms in total. The lowest BCUT2D eigenvalue weighted by Crippen LogP contribution is -2.58. The molecule has 1 saturated heterocycles. The van der Waals surface area contributed by atoms with Crippen molar-refractivity contribution in [3.8, 4) is 0 Å². The Kier molecular flexibility index (Phi) is 4.75. The number of aromatic amines is 1. The summed E-state index contributed by atoms with van der Waals surface area (Å²) >= 11 is 0. The van der Waals surface area contributed by atoms with Crippen molar-refractivity contribution < 1.29 is 4.79 Å². The smallest absolute Gasteiger partial charge is 0.247 e. The van der Waals surface area contributed by atoms with Crippen molar-refractivity contribution in [2.45, 2.75) is 51.6 Å². The molecule has 8 heteroatoms. The van der Waals surface area contributed by atoms with Crippen LogP contribution >= 0.6 is 0 Å². The van der Waals surface area contributed by atoms with Crippen molar-refractivity contribution >= 4 is 5.91 Å². The fourth-order valence-electron chi connectivity index (χ4n) is 4.67. The molecule has 2 aromatic rings. The fraction of sp³-hybridized carbons (Fsp3) is 0.684. The molecule has 1 fully saturated rings. The molecule has 0 aromatic carbocycles. The minimum Gasteiger partial charge on any atom is -0.348 e. The summed E-state index contributed by atoms with van der Waals surface area (Å²) in [5, 5.41) is 4.12. The minimum absolute atomic E-state index is 0.0505. The maximum atomic E-state index is 12.9. The Morgan fingerprint density at radius 3 is 2.70 bits per heavy atom. The zero-order valence-corrected chi connectivity index (χ0v) is 16.4. The van der Waals surface area contributed by atoms with E-state index in [-0.39, 0.29) is 17.5 Å². The highest BCUT2D eigenvalue weighted by molar-refractivity contribution is 5.80. The molecular formula is C19H29N7O. The van der Waals surface area contributed by atoms with Gasteiger partial charge in [0.25, 0.3) is 0 Å². The van der Waals surface area contributed by atoms with Gasteiger partial charge in [-0.15, -0.1) is 0 Å². The number of H-pyrrole nitrogens is 1. The molecule has 146 valence electrons. The Bertz CT molecular complexity index is 774. The van der Waals surface area contributed by atoms with E-state index in [1.54, 1.807) is 11.0 Å². The summed E-state index contributed by atoms with van der Waals surface area (Å²) in [4.78, 5) is 29.5. The summed E-state index contributed by atoms with van der Waals surface area (Å²) in [5.41, 5.74) is 2.42. The SMILES string of the molecule is CC(C)CN1CCc2[nH]cnc2C12CCN(C(=O)[C@H](C)n1cncn1)CC2. The minimum atomic E-state index is -0.319. The molecule has 0 aliphatic carbocycles. The van der Waals surface area contributed by atoms with E-state index >= 15 is 0 Å². The van der Waals surface area contributed by atoms with Gasteiger partial charge in [-0.25, -0.2) is 14.6 Å². The number of hydrogen-bond acceptors (Lipinski definition) is 5. The van der Waals surface area contributed by atoms with Crippen LogP contribution in [0.25, 0.3) is 0 Å². The molecule has 1 N–H and O–H groups in total. The van der Waals surface area contributed by atoms with Crippen LogP contribution in [0.1, 0.15) is 51.0 Å². The van der Waals surface area contributed by atoms with Gasteiger partial charge in [-0.05, 0) is 25.7 Å². The molecule has 0 radical (unpaired) electrons. The van der Waals surface area contributed by atoms with Gasteiger partial charge in [-0.1, -0.05) is 13.8 Å². The van der Waals surface area contributed by atoms with Crippen molar-refractivity contribution in [1.82, 2.24) is 34.5 Å². The molecule has 1 spiro atoms. The number of carbonyl (C=O) groups is 1. The van der Waals surface area contributed by atoms with Gasteiger partial charge in [-0.3, -0.25) is 9.69 Å². The molecule has 1 amide bonds. The predicted molar refractivity (Wildman–Crippen MR) is 101 cm³/mol. The van der Waals surface area contributed by atoms with Crippen molar-refractivity contribution in [2.75, 3.05) is 26.2 Å². The number of fused-ring (bicyclic) bond motifs is 2. The molecule has 0 bridgehead atoms. The Hall–Kier alpha value is -2.22. The second-order valence-corrected chi connectivity index (χ2v) is 8.23. The first-order chi connectivity index (χ1) is 13.0. The third-order valence-corrected chi connectivity index (χ3v) is 6.07. The molecule has 27 heavy (non-hydrogen) atoms. The maximum absolute atomic E-state index is 12.9. The number of nitrogens with zero attached hydrogens (tertiary/aromatic N) is 6. The van der Waals surface area contributed by atoms with Gasteiger partial charge in [0.05, 0.1) is 17.6 Å². The van der Waals surface area contributed by atoms with Crippen LogP contribution in [0, 0.1) is 5.92 Å². The summed E-state index contributed by atoms with van der Waals surface area (Å²) in [6.45, 7) is 10.0. The van der Waals surface area contributed by atoms with Crippen LogP contribution in [0.3, 0.4) is 0 Å². The molecule has 2 aliphatic rings. The zero-order valence-electron chi connectivity index (χ0n) is 16.4. The monoisotopic (exact) mass is 371 g/mol. The molecule has 4 heterocycles. The van der Waals surface area contributed by atoms with Gasteiger partial charge in [0, 0.05) is 38.3 Å². The number of rotatable bonds is 4. The van der Waals surface area contributed by atoms with Crippen LogP contribution < -0.4 is 0 Å². The molecule has 0 unspecified atom stereocenters. The van der Waals surface area contributed by atoms with E-state index in [0.717, 1.165) is 45.4 Å². The number of nitrogens with one attached hydrogen (secondary N) is 1. The number of hydrogen-bond donors (Lipinski definition) is 1. The molecule has 1 atom stereocenters. The average Bonchev–Trinajstić information content (AvgIpc) is 3.35. The van der Waals surface area contributed by atoms with Gasteiger partial charge in [0.1, 0.15) is 18.7 Å². The van der Waals surface area contributed by atoms with Crippen LogP contribution in [-0.2, 0) is 16.8 Å². The lowest BCUT2D eigenvalue weighted by Gasteiger charge is -2.51. The van der Waals surface area contributed by atoms with E-state index in [0.29, 0.717) is 5.92 Å². The van der Waals surface area contributed by atoms with Gasteiger partial charge < -0.3 is 9.88 Å². The highest BCUT2D eigenvalue weighted by Gasteiger charge is 2.47. The van der Waals surface area contributed by atoms with Gasteiger partial charge in [0.15, 0.2) is 0 Å². The summed E-state index contributed by atoms with van der Waals surface area (Å²) in [5.74, 6) is 0.721. The Morgan fingerprint density at radius 2 is 2.04 bits per heavy atom. The Labute approximate surface area is 160 Å². The Morgan fingerprint density at radius 1 is 1.26 bits per heavy atom. The van der Waals surface area contributed by atoms with Crippen LogP contribution in [0.5, 0.6) is 0 Å². The van der Waals surface area contributed by atoms with Crippen LogP contribution in [0.4, 0.5) is 0 Å². The first-order valence-corrected chi connectivity index (χ1v) is 9.92. The standard InChI is InChI=1S/C19H29N7O/c1-14(2)10-25-7-4-16-17(22-12-21-16)19(25)5-8-24(9-6-19)18(27)15(3)26-13-20-11-23-26/h11-15H,4-10H2,1-3H3,(H,21,22)/t15-/m0/s1. The zero-order chi connectivity index (χ0) is 19.0. The summed E-state index contributed by atoms with van der Waals surface area (Å²) in [7, 11) is 0. The van der Waals surface area contributed by atoms with E-state index in [4.69, 9.17) is 4.98 Å². The predicted octanol–water partition coefficient (Wildman–Crippen LogP) is 1.59. The summed E-state index contributed by atoms with van der Waals surface area (Å²) < 4.78 is 1.63. The number of imidazole rings is 1.